The summed E-state index contributed by atoms with van der Waals surface area (Å²) >= 11 is 1.55. The van der Waals surface area contributed by atoms with Crippen LogP contribution in [0.4, 0.5) is 11.5 Å². The fourth-order valence-electron chi connectivity index (χ4n) is 4.76. The number of H-pyrrole nitrogens is 1. The van der Waals surface area contributed by atoms with Gasteiger partial charge in [0.15, 0.2) is 17.5 Å². The predicted molar refractivity (Wildman–Crippen MR) is 130 cm³/mol. The van der Waals surface area contributed by atoms with E-state index in [0.717, 1.165) is 64.0 Å². The molecular formula is C23H23N11S. The van der Waals surface area contributed by atoms with E-state index < -0.39 is 0 Å². The molecule has 0 saturated heterocycles. The Hall–Kier alpha value is -3.93. The van der Waals surface area contributed by atoms with Gasteiger partial charge in [0.2, 0.25) is 0 Å². The second kappa shape index (κ2) is 7.80. The van der Waals surface area contributed by atoms with Crippen molar-refractivity contribution in [1.82, 2.24) is 49.7 Å². The summed E-state index contributed by atoms with van der Waals surface area (Å²) in [5, 5.41) is 23.7. The van der Waals surface area contributed by atoms with Crippen molar-refractivity contribution in [1.29, 1.82) is 0 Å². The van der Waals surface area contributed by atoms with Gasteiger partial charge < -0.3 is 4.90 Å². The van der Waals surface area contributed by atoms with Gasteiger partial charge in [0.05, 0.1) is 35.9 Å². The van der Waals surface area contributed by atoms with Crippen molar-refractivity contribution in [3.8, 4) is 27.8 Å². The maximum atomic E-state index is 5.10. The molecule has 5 aromatic rings. The number of nitrogens with one attached hydrogen (secondary N) is 1. The SMILES string of the molecule is CCC1c2nnc(C)n2-c2cnc(-c3cn[nH]c3-c3nccs3)nc2N1c1cnn(CC2CC2)c1. The molecule has 176 valence electrons. The molecule has 5 aromatic heterocycles. The van der Waals surface area contributed by atoms with Gasteiger partial charge in [0.25, 0.3) is 0 Å². The molecule has 0 radical (unpaired) electrons. The maximum Gasteiger partial charge on any atom is 0.165 e. The van der Waals surface area contributed by atoms with Crippen LogP contribution in [0.3, 0.4) is 0 Å². The van der Waals surface area contributed by atoms with E-state index in [2.05, 4.69) is 53.1 Å². The fraction of sp³-hybridized carbons (Fsp3) is 0.348. The van der Waals surface area contributed by atoms with Crippen molar-refractivity contribution >= 4 is 22.8 Å². The minimum atomic E-state index is -0.0344. The number of aryl methyl sites for hydroxylation is 1. The number of anilines is 2. The Labute approximate surface area is 204 Å². The Kier molecular flexibility index (Phi) is 4.56. The quantitative estimate of drug-likeness (QED) is 0.382. The van der Waals surface area contributed by atoms with Crippen molar-refractivity contribution in [2.45, 2.75) is 45.7 Å². The Bertz CT molecular complexity index is 1510. The van der Waals surface area contributed by atoms with Crippen LogP contribution in [0.1, 0.15) is 43.9 Å². The summed E-state index contributed by atoms with van der Waals surface area (Å²) in [6, 6.07) is -0.0344. The summed E-state index contributed by atoms with van der Waals surface area (Å²) in [4.78, 5) is 16.5. The van der Waals surface area contributed by atoms with Crippen molar-refractivity contribution < 1.29 is 0 Å². The molecule has 12 heteroatoms. The van der Waals surface area contributed by atoms with Gasteiger partial charge in [-0.2, -0.15) is 10.2 Å². The molecule has 1 aliphatic heterocycles. The van der Waals surface area contributed by atoms with Gasteiger partial charge in [0, 0.05) is 24.3 Å². The molecule has 1 atom stereocenters. The summed E-state index contributed by atoms with van der Waals surface area (Å²) in [6.07, 6.45) is 12.8. The smallest absolute Gasteiger partial charge is 0.165 e. The molecule has 11 nitrogen and oxygen atoms in total. The number of fused-ring (bicyclic) bond motifs is 3. The lowest BCUT2D eigenvalue weighted by Gasteiger charge is -2.36. The van der Waals surface area contributed by atoms with Crippen molar-refractivity contribution in [3.05, 3.63) is 48.0 Å². The monoisotopic (exact) mass is 485 g/mol. The van der Waals surface area contributed by atoms with E-state index in [1.54, 1.807) is 23.7 Å². The third-order valence-corrected chi connectivity index (χ3v) is 7.42. The van der Waals surface area contributed by atoms with Crippen LogP contribution in [0.25, 0.3) is 27.8 Å². The molecular weight excluding hydrogens is 462 g/mol. The minimum Gasteiger partial charge on any atom is -0.311 e. The first kappa shape index (κ1) is 20.4. The minimum absolute atomic E-state index is 0.0344. The lowest BCUT2D eigenvalue weighted by atomic mass is 10.1. The van der Waals surface area contributed by atoms with Gasteiger partial charge in [-0.25, -0.2) is 15.0 Å². The van der Waals surface area contributed by atoms with E-state index in [-0.39, 0.29) is 6.04 Å². The van der Waals surface area contributed by atoms with Crippen LogP contribution >= 0.6 is 11.3 Å². The first-order valence-corrected chi connectivity index (χ1v) is 12.6. The maximum absolute atomic E-state index is 5.10. The number of aromatic amines is 1. The molecule has 1 saturated carbocycles. The zero-order chi connectivity index (χ0) is 23.5. The normalized spacial score (nSPS) is 17.0. The van der Waals surface area contributed by atoms with Crippen molar-refractivity contribution in [2.75, 3.05) is 4.90 Å². The molecule has 0 amide bonds. The zero-order valence-electron chi connectivity index (χ0n) is 19.3. The van der Waals surface area contributed by atoms with Crippen molar-refractivity contribution in [3.63, 3.8) is 0 Å². The van der Waals surface area contributed by atoms with Crippen LogP contribution < -0.4 is 4.90 Å². The fourth-order valence-corrected chi connectivity index (χ4v) is 5.41. The molecule has 1 fully saturated rings. The first-order valence-electron chi connectivity index (χ1n) is 11.8. The standard InChI is InChI=1S/C23H23N11S/c1-3-17-22-31-29-13(2)33(22)18-10-25-20(16-9-26-30-19(16)23-24-6-7-35-23)28-21(18)34(17)15-8-27-32(12-15)11-14-4-5-14/h6-10,12,14,17H,3-5,11H2,1-2H3,(H,26,30). The summed E-state index contributed by atoms with van der Waals surface area (Å²) in [6.45, 7) is 5.07. The predicted octanol–water partition coefficient (Wildman–Crippen LogP) is 4.09. The number of thiazole rings is 1. The number of hydrogen-bond acceptors (Lipinski definition) is 9. The largest absolute Gasteiger partial charge is 0.311 e. The van der Waals surface area contributed by atoms with Crippen LogP contribution in [0.15, 0.2) is 36.4 Å². The van der Waals surface area contributed by atoms with Gasteiger partial charge in [-0.15, -0.1) is 21.5 Å². The third kappa shape index (κ3) is 3.27. The Morgan fingerprint density at radius 1 is 1.14 bits per heavy atom. The van der Waals surface area contributed by atoms with Gasteiger partial charge in [0.1, 0.15) is 22.2 Å². The molecule has 1 N–H and O–H groups in total. The summed E-state index contributed by atoms with van der Waals surface area (Å²) in [5.41, 5.74) is 3.46. The molecule has 0 aromatic carbocycles. The highest BCUT2D eigenvalue weighted by atomic mass is 32.1. The lowest BCUT2D eigenvalue weighted by Crippen LogP contribution is -2.32. The van der Waals surface area contributed by atoms with Crippen LogP contribution in [-0.2, 0) is 6.54 Å². The van der Waals surface area contributed by atoms with Crippen LogP contribution in [-0.4, -0.2) is 49.7 Å². The van der Waals surface area contributed by atoms with Gasteiger partial charge in [-0.3, -0.25) is 14.3 Å². The van der Waals surface area contributed by atoms with E-state index in [9.17, 15) is 0 Å². The van der Waals surface area contributed by atoms with Gasteiger partial charge in [-0.05, 0) is 32.1 Å². The second-order valence-corrected chi connectivity index (χ2v) is 9.89. The van der Waals surface area contributed by atoms with Gasteiger partial charge in [-0.1, -0.05) is 6.92 Å². The highest BCUT2D eigenvalue weighted by molar-refractivity contribution is 7.13. The molecule has 6 heterocycles. The number of rotatable bonds is 6. The Morgan fingerprint density at radius 3 is 2.86 bits per heavy atom. The number of nitrogens with zero attached hydrogens (tertiary/aromatic N) is 10. The topological polar surface area (TPSA) is 119 Å². The van der Waals surface area contributed by atoms with Crippen LogP contribution in [0.2, 0.25) is 0 Å². The summed E-state index contributed by atoms with van der Waals surface area (Å²) in [5.74, 6) is 3.82. The molecule has 1 aliphatic carbocycles. The van der Waals surface area contributed by atoms with Gasteiger partial charge >= 0.3 is 0 Å². The van der Waals surface area contributed by atoms with E-state index >= 15 is 0 Å². The highest BCUT2D eigenvalue weighted by Gasteiger charge is 2.37. The zero-order valence-corrected chi connectivity index (χ0v) is 20.1. The molecule has 2 aliphatic rings. The summed E-state index contributed by atoms with van der Waals surface area (Å²) < 4.78 is 4.11. The first-order chi connectivity index (χ1) is 17.2. The molecule has 35 heavy (non-hydrogen) atoms. The number of hydrogen-bond donors (Lipinski definition) is 1. The van der Waals surface area contributed by atoms with Crippen LogP contribution in [0.5, 0.6) is 0 Å². The average molecular weight is 486 g/mol. The molecule has 1 unspecified atom stereocenters. The second-order valence-electron chi connectivity index (χ2n) is 9.00. The van der Waals surface area contributed by atoms with E-state index in [1.165, 1.54) is 12.8 Å². The van der Waals surface area contributed by atoms with E-state index in [1.807, 2.05) is 29.4 Å². The molecule has 7 rings (SSSR count). The Morgan fingerprint density at radius 2 is 2.06 bits per heavy atom. The van der Waals surface area contributed by atoms with E-state index in [0.29, 0.717) is 5.82 Å². The van der Waals surface area contributed by atoms with Crippen molar-refractivity contribution in [2.24, 2.45) is 5.92 Å². The lowest BCUT2D eigenvalue weighted by molar-refractivity contribution is 0.561. The highest BCUT2D eigenvalue weighted by Crippen LogP contribution is 2.44. The van der Waals surface area contributed by atoms with E-state index in [4.69, 9.17) is 9.97 Å². The average Bonchev–Trinajstić information content (AvgIpc) is 3.35. The Balaban J connectivity index is 1.40. The third-order valence-electron chi connectivity index (χ3n) is 6.63. The number of aromatic nitrogens is 10. The summed E-state index contributed by atoms with van der Waals surface area (Å²) in [7, 11) is 0. The molecule has 0 spiro atoms. The molecule has 0 bridgehead atoms. The van der Waals surface area contributed by atoms with Crippen LogP contribution in [0, 0.1) is 12.8 Å².